The van der Waals surface area contributed by atoms with Gasteiger partial charge >= 0.3 is 0 Å². The van der Waals surface area contributed by atoms with E-state index in [0.717, 1.165) is 12.0 Å². The second-order valence-corrected chi connectivity index (χ2v) is 4.81. The monoisotopic (exact) mass is 243 g/mol. The van der Waals surface area contributed by atoms with E-state index in [2.05, 4.69) is 15.9 Å². The van der Waals surface area contributed by atoms with Crippen molar-refractivity contribution < 1.29 is 5.11 Å². The standard InChI is InChI=1S/C10H14BrNO/c1-10(2,12)6-7-3-4-9(13)8(11)5-7/h3-5,13H,6,12H2,1-2H3. The van der Waals surface area contributed by atoms with E-state index >= 15 is 0 Å². The van der Waals surface area contributed by atoms with Gasteiger partial charge in [-0.1, -0.05) is 6.07 Å². The molecule has 0 bridgehead atoms. The highest BCUT2D eigenvalue weighted by atomic mass is 79.9. The molecule has 3 heteroatoms. The molecule has 3 N–H and O–H groups in total. The van der Waals surface area contributed by atoms with E-state index in [0.29, 0.717) is 4.47 Å². The van der Waals surface area contributed by atoms with Gasteiger partial charge < -0.3 is 10.8 Å². The minimum atomic E-state index is -0.212. The molecule has 0 amide bonds. The molecule has 0 spiro atoms. The molecule has 0 aliphatic heterocycles. The zero-order valence-electron chi connectivity index (χ0n) is 7.84. The lowest BCUT2D eigenvalue weighted by Gasteiger charge is -2.18. The van der Waals surface area contributed by atoms with Crippen LogP contribution in [0.2, 0.25) is 0 Å². The molecular formula is C10H14BrNO. The second-order valence-electron chi connectivity index (χ2n) is 3.95. The Balaban J connectivity index is 2.86. The lowest BCUT2D eigenvalue weighted by atomic mass is 9.96. The molecule has 0 fully saturated rings. The molecule has 0 saturated heterocycles. The van der Waals surface area contributed by atoms with Gasteiger partial charge in [0.1, 0.15) is 5.75 Å². The zero-order valence-corrected chi connectivity index (χ0v) is 9.43. The zero-order chi connectivity index (χ0) is 10.1. The Morgan fingerprint density at radius 1 is 1.46 bits per heavy atom. The first kappa shape index (κ1) is 10.5. The van der Waals surface area contributed by atoms with Crippen LogP contribution in [0.1, 0.15) is 19.4 Å². The van der Waals surface area contributed by atoms with E-state index in [1.807, 2.05) is 26.0 Å². The van der Waals surface area contributed by atoms with Crippen molar-refractivity contribution in [3.05, 3.63) is 28.2 Å². The molecule has 0 unspecified atom stereocenters. The Morgan fingerprint density at radius 3 is 2.54 bits per heavy atom. The first-order valence-corrected chi connectivity index (χ1v) is 4.94. The maximum absolute atomic E-state index is 9.26. The SMILES string of the molecule is CC(C)(N)Cc1ccc(O)c(Br)c1. The average Bonchev–Trinajstić information content (AvgIpc) is 1.94. The van der Waals surface area contributed by atoms with Crippen molar-refractivity contribution in [2.24, 2.45) is 5.73 Å². The molecule has 13 heavy (non-hydrogen) atoms. The number of rotatable bonds is 2. The fourth-order valence-corrected chi connectivity index (χ4v) is 1.61. The average molecular weight is 244 g/mol. The Morgan fingerprint density at radius 2 is 2.08 bits per heavy atom. The molecule has 0 saturated carbocycles. The van der Waals surface area contributed by atoms with Gasteiger partial charge in [-0.15, -0.1) is 0 Å². The summed E-state index contributed by atoms with van der Waals surface area (Å²) in [6.07, 6.45) is 0.798. The topological polar surface area (TPSA) is 46.2 Å². The van der Waals surface area contributed by atoms with Crippen LogP contribution in [0.5, 0.6) is 5.75 Å². The highest BCUT2D eigenvalue weighted by Gasteiger charge is 2.12. The minimum absolute atomic E-state index is 0.212. The van der Waals surface area contributed by atoms with Crippen LogP contribution in [-0.4, -0.2) is 10.6 Å². The Bertz CT molecular complexity index is 304. The quantitative estimate of drug-likeness (QED) is 0.839. The normalized spacial score (nSPS) is 11.7. The minimum Gasteiger partial charge on any atom is -0.507 e. The fourth-order valence-electron chi connectivity index (χ4n) is 1.19. The molecule has 0 radical (unpaired) electrons. The van der Waals surface area contributed by atoms with Crippen LogP contribution in [0.4, 0.5) is 0 Å². The smallest absolute Gasteiger partial charge is 0.129 e. The first-order valence-electron chi connectivity index (χ1n) is 4.15. The van der Waals surface area contributed by atoms with Crippen LogP contribution in [-0.2, 0) is 6.42 Å². The van der Waals surface area contributed by atoms with Gasteiger partial charge in [0.25, 0.3) is 0 Å². The predicted octanol–water partition coefficient (Wildman–Crippen LogP) is 2.43. The Kier molecular flexibility index (Phi) is 2.98. The number of phenols is 1. The predicted molar refractivity (Wildman–Crippen MR) is 57.8 cm³/mol. The molecule has 72 valence electrons. The van der Waals surface area contributed by atoms with E-state index in [1.165, 1.54) is 0 Å². The summed E-state index contributed by atoms with van der Waals surface area (Å²) in [5.74, 6) is 0.263. The van der Waals surface area contributed by atoms with E-state index in [9.17, 15) is 5.11 Å². The summed E-state index contributed by atoms with van der Waals surface area (Å²) in [5.41, 5.74) is 6.79. The van der Waals surface area contributed by atoms with Gasteiger partial charge in [0.05, 0.1) is 4.47 Å². The summed E-state index contributed by atoms with van der Waals surface area (Å²) in [4.78, 5) is 0. The van der Waals surface area contributed by atoms with Crippen LogP contribution < -0.4 is 5.73 Å². The van der Waals surface area contributed by atoms with E-state index < -0.39 is 0 Å². The summed E-state index contributed by atoms with van der Waals surface area (Å²) >= 11 is 3.26. The van der Waals surface area contributed by atoms with Gasteiger partial charge in [-0.25, -0.2) is 0 Å². The number of phenolic OH excluding ortho intramolecular Hbond substituents is 1. The van der Waals surface area contributed by atoms with Gasteiger partial charge in [-0.2, -0.15) is 0 Å². The van der Waals surface area contributed by atoms with E-state index in [4.69, 9.17) is 5.73 Å². The summed E-state index contributed by atoms with van der Waals surface area (Å²) in [5, 5.41) is 9.26. The van der Waals surface area contributed by atoms with Crippen LogP contribution in [0.3, 0.4) is 0 Å². The molecule has 0 atom stereocenters. The Labute approximate surface area is 86.9 Å². The third-order valence-electron chi connectivity index (χ3n) is 1.67. The van der Waals surface area contributed by atoms with Crippen molar-refractivity contribution in [1.29, 1.82) is 0 Å². The highest BCUT2D eigenvalue weighted by molar-refractivity contribution is 9.10. The highest BCUT2D eigenvalue weighted by Crippen LogP contribution is 2.25. The molecule has 0 aliphatic rings. The molecule has 1 aromatic carbocycles. The van der Waals surface area contributed by atoms with Crippen molar-refractivity contribution >= 4 is 15.9 Å². The van der Waals surface area contributed by atoms with Crippen molar-refractivity contribution in [2.75, 3.05) is 0 Å². The maximum atomic E-state index is 9.26. The third-order valence-corrected chi connectivity index (χ3v) is 2.31. The largest absolute Gasteiger partial charge is 0.507 e. The van der Waals surface area contributed by atoms with Gasteiger partial charge in [0, 0.05) is 5.54 Å². The number of nitrogens with two attached hydrogens (primary N) is 1. The van der Waals surface area contributed by atoms with Crippen molar-refractivity contribution in [3.8, 4) is 5.75 Å². The molecule has 1 aromatic rings. The van der Waals surface area contributed by atoms with Crippen LogP contribution >= 0.6 is 15.9 Å². The van der Waals surface area contributed by atoms with Gasteiger partial charge in [-0.3, -0.25) is 0 Å². The lowest BCUT2D eigenvalue weighted by Crippen LogP contribution is -2.34. The van der Waals surface area contributed by atoms with Crippen LogP contribution in [0, 0.1) is 0 Å². The summed E-state index contributed by atoms with van der Waals surface area (Å²) in [6, 6.07) is 5.45. The summed E-state index contributed by atoms with van der Waals surface area (Å²) in [6.45, 7) is 3.96. The van der Waals surface area contributed by atoms with Crippen LogP contribution in [0.15, 0.2) is 22.7 Å². The van der Waals surface area contributed by atoms with Gasteiger partial charge in [0.2, 0.25) is 0 Å². The van der Waals surface area contributed by atoms with Crippen molar-refractivity contribution in [1.82, 2.24) is 0 Å². The number of hydrogen-bond donors (Lipinski definition) is 2. The molecule has 2 nitrogen and oxygen atoms in total. The lowest BCUT2D eigenvalue weighted by molar-refractivity contribution is 0.470. The number of halogens is 1. The summed E-state index contributed by atoms with van der Waals surface area (Å²) < 4.78 is 0.717. The van der Waals surface area contributed by atoms with Crippen molar-refractivity contribution in [3.63, 3.8) is 0 Å². The van der Waals surface area contributed by atoms with E-state index in [-0.39, 0.29) is 11.3 Å². The second kappa shape index (κ2) is 3.68. The number of aromatic hydroxyl groups is 1. The van der Waals surface area contributed by atoms with Crippen LogP contribution in [0.25, 0.3) is 0 Å². The van der Waals surface area contributed by atoms with Gasteiger partial charge in [-0.05, 0) is 53.9 Å². The molecule has 1 rings (SSSR count). The Hall–Kier alpha value is -0.540. The molecule has 0 heterocycles. The number of benzene rings is 1. The molecular weight excluding hydrogens is 230 g/mol. The molecule has 0 aromatic heterocycles. The van der Waals surface area contributed by atoms with Crippen molar-refractivity contribution in [2.45, 2.75) is 25.8 Å². The molecule has 0 aliphatic carbocycles. The number of hydrogen-bond acceptors (Lipinski definition) is 2. The van der Waals surface area contributed by atoms with Gasteiger partial charge in [0.15, 0.2) is 0 Å². The van der Waals surface area contributed by atoms with E-state index in [1.54, 1.807) is 6.07 Å². The fraction of sp³-hybridized carbons (Fsp3) is 0.400. The maximum Gasteiger partial charge on any atom is 0.129 e. The first-order chi connectivity index (χ1) is 5.88. The third kappa shape index (κ3) is 3.36. The summed E-state index contributed by atoms with van der Waals surface area (Å²) in [7, 11) is 0.